The van der Waals surface area contributed by atoms with Crippen LogP contribution in [0.5, 0.6) is 11.5 Å². The number of alkyl halides is 1. The van der Waals surface area contributed by atoms with Crippen molar-refractivity contribution in [1.29, 1.82) is 0 Å². The molecule has 5 rings (SSSR count). The molecule has 290 valence electrons. The van der Waals surface area contributed by atoms with Crippen molar-refractivity contribution in [1.82, 2.24) is 9.99 Å². The SMILES string of the molecule is CC.CC(NC(=O)c1ccc(OP(=O)(OCC2=CC(=O)c3ccccc3C2=O)N(C)CCCCCl)cc1)c1ccc(OCC2CCCCC2)c(C(N)=O)c1. The molecule has 0 radical (unpaired) electrons. The highest BCUT2D eigenvalue weighted by molar-refractivity contribution is 7.51. The number of fused-ring (bicyclic) bond motifs is 1. The molecule has 2 atom stereocenters. The first kappa shape index (κ1) is 42.5. The van der Waals surface area contributed by atoms with E-state index in [4.69, 9.17) is 31.1 Å². The lowest BCUT2D eigenvalue weighted by atomic mass is 9.90. The Balaban J connectivity index is 0.00000319. The van der Waals surface area contributed by atoms with Crippen LogP contribution in [0.1, 0.15) is 119 Å². The molecule has 2 aliphatic rings. The van der Waals surface area contributed by atoms with E-state index in [2.05, 4.69) is 5.32 Å². The summed E-state index contributed by atoms with van der Waals surface area (Å²) in [7, 11) is -2.49. The van der Waals surface area contributed by atoms with Gasteiger partial charge in [0.15, 0.2) is 11.6 Å². The lowest BCUT2D eigenvalue weighted by Gasteiger charge is -2.28. The van der Waals surface area contributed by atoms with Gasteiger partial charge in [-0.25, -0.2) is 9.24 Å². The molecule has 0 aromatic heterocycles. The minimum absolute atomic E-state index is 0.0624. The van der Waals surface area contributed by atoms with Gasteiger partial charge in [0.2, 0.25) is 0 Å². The number of halogens is 1. The van der Waals surface area contributed by atoms with E-state index in [9.17, 15) is 23.7 Å². The van der Waals surface area contributed by atoms with E-state index in [1.165, 1.54) is 54.3 Å². The van der Waals surface area contributed by atoms with Crippen LogP contribution in [-0.4, -0.2) is 60.7 Å². The Kier molecular flexibility index (Phi) is 16.1. The molecule has 0 spiro atoms. The minimum atomic E-state index is -4.06. The highest BCUT2D eigenvalue weighted by Crippen LogP contribution is 2.51. The number of benzene rings is 3. The Labute approximate surface area is 323 Å². The van der Waals surface area contributed by atoms with Crippen LogP contribution in [-0.2, 0) is 9.09 Å². The van der Waals surface area contributed by atoms with Crippen molar-refractivity contribution < 1.29 is 37.5 Å². The summed E-state index contributed by atoms with van der Waals surface area (Å²) in [6, 6.07) is 17.2. The number of carbonyl (C=O) groups excluding carboxylic acids is 4. The Morgan fingerprint density at radius 2 is 1.67 bits per heavy atom. The van der Waals surface area contributed by atoms with Crippen molar-refractivity contribution in [2.45, 2.75) is 71.8 Å². The molecule has 1 saturated carbocycles. The van der Waals surface area contributed by atoms with Gasteiger partial charge in [-0.1, -0.05) is 63.4 Å². The van der Waals surface area contributed by atoms with Crippen molar-refractivity contribution in [3.05, 3.63) is 106 Å². The third-order valence-electron chi connectivity index (χ3n) is 9.35. The molecule has 2 aliphatic carbocycles. The molecule has 2 amide bonds. The molecule has 3 aromatic carbocycles. The summed E-state index contributed by atoms with van der Waals surface area (Å²) in [4.78, 5) is 51.3. The zero-order valence-corrected chi connectivity index (χ0v) is 33.1. The quantitative estimate of drug-likeness (QED) is 0.0778. The fraction of sp³-hybridized carbons (Fsp3) is 0.415. The van der Waals surface area contributed by atoms with Gasteiger partial charge in [0.1, 0.15) is 11.5 Å². The number of nitrogens with zero attached hydrogens (tertiary/aromatic N) is 1. The predicted octanol–water partition coefficient (Wildman–Crippen LogP) is 8.72. The first-order valence-electron chi connectivity index (χ1n) is 18.6. The predicted molar refractivity (Wildman–Crippen MR) is 211 cm³/mol. The molecule has 2 unspecified atom stereocenters. The van der Waals surface area contributed by atoms with Gasteiger partial charge in [0.05, 0.1) is 24.8 Å². The van der Waals surface area contributed by atoms with E-state index in [1.807, 2.05) is 13.8 Å². The Hall–Kier alpha value is -4.28. The monoisotopic (exact) mass is 779 g/mol. The van der Waals surface area contributed by atoms with E-state index < -0.39 is 26.3 Å². The summed E-state index contributed by atoms with van der Waals surface area (Å²) in [5.41, 5.74) is 7.56. The molecule has 11 nitrogen and oxygen atoms in total. The van der Waals surface area contributed by atoms with Crippen LogP contribution >= 0.6 is 19.3 Å². The number of ether oxygens (including phenoxy) is 1. The van der Waals surface area contributed by atoms with Gasteiger partial charge in [-0.15, -0.1) is 11.6 Å². The van der Waals surface area contributed by atoms with Crippen LogP contribution in [0, 0.1) is 5.92 Å². The number of hydrogen-bond donors (Lipinski definition) is 2. The third kappa shape index (κ3) is 11.1. The number of amides is 2. The maximum absolute atomic E-state index is 14.2. The molecule has 0 aliphatic heterocycles. The maximum atomic E-state index is 14.2. The highest BCUT2D eigenvalue weighted by Gasteiger charge is 2.35. The number of nitrogens with two attached hydrogens (primary N) is 1. The van der Waals surface area contributed by atoms with Crippen molar-refractivity contribution in [2.75, 3.05) is 32.7 Å². The highest BCUT2D eigenvalue weighted by atomic mass is 35.5. The Morgan fingerprint density at radius 1 is 0.981 bits per heavy atom. The number of Topliss-reactive ketones (excluding diaryl/α,β-unsaturated/α-hetero) is 1. The second-order valence-electron chi connectivity index (χ2n) is 13.2. The molecular weight excluding hydrogens is 729 g/mol. The fourth-order valence-corrected chi connectivity index (χ4v) is 7.90. The summed E-state index contributed by atoms with van der Waals surface area (Å²) in [6.07, 6.45) is 8.32. The second kappa shape index (κ2) is 20.4. The van der Waals surface area contributed by atoms with Crippen LogP contribution in [0.2, 0.25) is 0 Å². The molecule has 0 heterocycles. The van der Waals surface area contributed by atoms with Gasteiger partial charge in [-0.05, 0) is 93.6 Å². The molecule has 13 heteroatoms. The van der Waals surface area contributed by atoms with Gasteiger partial charge in [-0.3, -0.25) is 23.7 Å². The van der Waals surface area contributed by atoms with E-state index in [1.54, 1.807) is 56.4 Å². The first-order chi connectivity index (χ1) is 26.0. The molecule has 3 aromatic rings. The maximum Gasteiger partial charge on any atom is 0.461 e. The van der Waals surface area contributed by atoms with Crippen molar-refractivity contribution in [3.8, 4) is 11.5 Å². The Morgan fingerprint density at radius 3 is 2.33 bits per heavy atom. The largest absolute Gasteiger partial charge is 0.492 e. The first-order valence-corrected chi connectivity index (χ1v) is 20.6. The number of allylic oxidation sites excluding steroid dienone is 1. The standard InChI is InChI=1S/C39H45ClN3O8P.C2H6/c1-26(29-16-19-36(34(22-29)38(41)46)49-24-27-10-4-3-5-11-27)42-39(47)28-14-17-31(18-15-28)51-52(48,43(2)21-9-8-20-40)50-25-30-23-35(44)32-12-6-7-13-33(32)37(30)45;1-2/h6-7,12-19,22-23,26-27H,3-5,8-11,20-21,24-25H2,1-2H3,(H2,41,46)(H,42,47);1-2H3. The van der Waals surface area contributed by atoms with Crippen molar-refractivity contribution >= 4 is 42.7 Å². The molecule has 1 fully saturated rings. The van der Waals surface area contributed by atoms with Crippen LogP contribution in [0.4, 0.5) is 0 Å². The summed E-state index contributed by atoms with van der Waals surface area (Å²) < 4.78 is 33.4. The number of unbranched alkanes of at least 4 members (excludes halogenated alkanes) is 1. The normalized spacial score (nSPS) is 15.9. The number of nitrogens with one attached hydrogen (secondary N) is 1. The van der Waals surface area contributed by atoms with Crippen LogP contribution in [0.15, 0.2) is 78.4 Å². The lowest BCUT2D eigenvalue weighted by molar-refractivity contribution is 0.0938. The average Bonchev–Trinajstić information content (AvgIpc) is 3.19. The molecule has 54 heavy (non-hydrogen) atoms. The fourth-order valence-electron chi connectivity index (χ4n) is 6.24. The number of hydrogen-bond acceptors (Lipinski definition) is 8. The third-order valence-corrected chi connectivity index (χ3v) is 11.6. The zero-order valence-electron chi connectivity index (χ0n) is 31.5. The molecular formula is C41H51ClN3O8P. The molecule has 0 saturated heterocycles. The van der Waals surface area contributed by atoms with E-state index >= 15 is 0 Å². The van der Waals surface area contributed by atoms with Gasteiger partial charge in [-0.2, -0.15) is 0 Å². The van der Waals surface area contributed by atoms with Gasteiger partial charge < -0.3 is 20.3 Å². The molecule has 0 bridgehead atoms. The van der Waals surface area contributed by atoms with Crippen molar-refractivity contribution in [3.63, 3.8) is 0 Å². The van der Waals surface area contributed by atoms with Gasteiger partial charge in [0, 0.05) is 34.7 Å². The number of ketones is 2. The van der Waals surface area contributed by atoms with Crippen molar-refractivity contribution in [2.24, 2.45) is 11.7 Å². The average molecular weight is 780 g/mol. The number of carbonyl (C=O) groups is 4. The smallest absolute Gasteiger partial charge is 0.461 e. The number of rotatable bonds is 17. The van der Waals surface area contributed by atoms with E-state index in [0.717, 1.165) is 12.8 Å². The summed E-state index contributed by atoms with van der Waals surface area (Å²) in [5, 5.41) is 2.93. The second-order valence-corrected chi connectivity index (χ2v) is 15.6. The van der Waals surface area contributed by atoms with Gasteiger partial charge in [0.25, 0.3) is 11.8 Å². The zero-order chi connectivity index (χ0) is 39.3. The number of primary amides is 1. The van der Waals surface area contributed by atoms with E-state index in [-0.39, 0.29) is 39.9 Å². The summed E-state index contributed by atoms with van der Waals surface area (Å²) in [5.74, 6) is -0.240. The summed E-state index contributed by atoms with van der Waals surface area (Å²) >= 11 is 5.85. The van der Waals surface area contributed by atoms with Crippen LogP contribution in [0.25, 0.3) is 0 Å². The Bertz CT molecular complexity index is 1860. The van der Waals surface area contributed by atoms with E-state index in [0.29, 0.717) is 60.2 Å². The van der Waals surface area contributed by atoms with Crippen LogP contribution in [0.3, 0.4) is 0 Å². The van der Waals surface area contributed by atoms with Crippen LogP contribution < -0.4 is 20.3 Å². The minimum Gasteiger partial charge on any atom is -0.492 e. The summed E-state index contributed by atoms with van der Waals surface area (Å²) in [6.45, 7) is 6.23. The molecule has 3 N–H and O–H groups in total. The topological polar surface area (TPSA) is 154 Å². The lowest BCUT2D eigenvalue weighted by Crippen LogP contribution is -2.27. The van der Waals surface area contributed by atoms with Gasteiger partial charge >= 0.3 is 7.75 Å².